The molecule has 1 N–H and O–H groups in total. The quantitative estimate of drug-likeness (QED) is 0.568. The number of aromatic nitrogens is 3. The highest BCUT2D eigenvalue weighted by Gasteiger charge is 2.39. The van der Waals surface area contributed by atoms with Crippen LogP contribution in [0.1, 0.15) is 39.0 Å². The number of imidazole rings is 1. The lowest BCUT2D eigenvalue weighted by molar-refractivity contribution is 0.0385. The summed E-state index contributed by atoms with van der Waals surface area (Å²) in [6.45, 7) is 11.8. The summed E-state index contributed by atoms with van der Waals surface area (Å²) < 4.78 is 21.8. The number of aryl methyl sites for hydroxylation is 1. The number of nitrogens with zero attached hydrogens (tertiary/aromatic N) is 6. The van der Waals surface area contributed by atoms with Crippen LogP contribution in [0.4, 0.5) is 31.2 Å². The summed E-state index contributed by atoms with van der Waals surface area (Å²) in [6.07, 6.45) is 5.12. The first-order valence-corrected chi connectivity index (χ1v) is 12.5. The number of hydrogen-bond donors (Lipinski definition) is 1. The molecular weight excluding hydrogens is 477 g/mol. The fourth-order valence-electron chi connectivity index (χ4n) is 5.14. The number of pyridine rings is 2. The Morgan fingerprint density at radius 1 is 1.19 bits per heavy atom. The first kappa shape index (κ1) is 24.8. The molecule has 0 unspecified atom stereocenters. The third-order valence-corrected chi connectivity index (χ3v) is 6.80. The first-order valence-electron chi connectivity index (χ1n) is 12.5. The fraction of sp³-hybridized carbons (Fsp3) is 0.462. The number of ether oxygens (including phenoxy) is 1. The van der Waals surface area contributed by atoms with Gasteiger partial charge in [-0.1, -0.05) is 0 Å². The maximum absolute atomic E-state index is 14.7. The number of carbonyl (C=O) groups is 2. The van der Waals surface area contributed by atoms with Gasteiger partial charge in [-0.25, -0.2) is 23.9 Å². The van der Waals surface area contributed by atoms with E-state index in [-0.39, 0.29) is 17.9 Å². The zero-order valence-corrected chi connectivity index (χ0v) is 21.8. The number of hydrogen-bond acceptors (Lipinski definition) is 6. The number of urea groups is 1. The normalized spacial score (nSPS) is 16.9. The Morgan fingerprint density at radius 3 is 2.70 bits per heavy atom. The second-order valence-electron chi connectivity index (χ2n) is 10.5. The van der Waals surface area contributed by atoms with Crippen molar-refractivity contribution >= 4 is 35.0 Å². The van der Waals surface area contributed by atoms with Crippen molar-refractivity contribution < 1.29 is 18.7 Å². The van der Waals surface area contributed by atoms with E-state index in [0.717, 1.165) is 16.9 Å². The van der Waals surface area contributed by atoms with Crippen LogP contribution in [0.5, 0.6) is 0 Å². The van der Waals surface area contributed by atoms with Gasteiger partial charge < -0.3 is 19.4 Å². The summed E-state index contributed by atoms with van der Waals surface area (Å²) in [5, 5.41) is 2.69. The van der Waals surface area contributed by atoms with Crippen molar-refractivity contribution in [3.8, 4) is 0 Å². The average molecular weight is 510 g/mol. The predicted octanol–water partition coefficient (Wildman–Crippen LogP) is 4.22. The van der Waals surface area contributed by atoms with Crippen LogP contribution < -0.4 is 15.1 Å². The Labute approximate surface area is 215 Å². The predicted molar refractivity (Wildman–Crippen MR) is 139 cm³/mol. The number of carbonyl (C=O) groups excluding carboxylic acids is 2. The Kier molecular flexibility index (Phi) is 6.17. The molecule has 2 aliphatic rings. The topological polar surface area (TPSA) is 95.3 Å². The smallest absolute Gasteiger partial charge is 0.410 e. The number of piperazine rings is 1. The highest BCUT2D eigenvalue weighted by Crippen LogP contribution is 2.36. The van der Waals surface area contributed by atoms with Gasteiger partial charge in [0.1, 0.15) is 11.5 Å². The van der Waals surface area contributed by atoms with Crippen molar-refractivity contribution in [2.45, 2.75) is 52.7 Å². The molecule has 3 amide bonds. The molecular formula is C26H32FN7O3. The summed E-state index contributed by atoms with van der Waals surface area (Å²) in [5.74, 6) is 0.0121. The lowest BCUT2D eigenvalue weighted by Crippen LogP contribution is -2.61. The zero-order chi connectivity index (χ0) is 26.5. The molecule has 0 aromatic carbocycles. The monoisotopic (exact) mass is 509 g/mol. The van der Waals surface area contributed by atoms with Gasteiger partial charge in [-0.3, -0.25) is 9.80 Å². The zero-order valence-electron chi connectivity index (χ0n) is 21.8. The summed E-state index contributed by atoms with van der Waals surface area (Å²) in [4.78, 5) is 40.1. The number of fused-ring (bicyclic) bond motifs is 2. The number of nitrogens with one attached hydrogen (secondary N) is 1. The van der Waals surface area contributed by atoms with E-state index in [1.165, 1.54) is 12.3 Å². The van der Waals surface area contributed by atoms with Crippen LogP contribution in [0.3, 0.4) is 0 Å². The molecule has 0 bridgehead atoms. The molecule has 196 valence electrons. The van der Waals surface area contributed by atoms with Gasteiger partial charge in [0.15, 0.2) is 5.82 Å². The van der Waals surface area contributed by atoms with Crippen LogP contribution >= 0.6 is 0 Å². The molecule has 0 saturated carbocycles. The maximum Gasteiger partial charge on any atom is 0.410 e. The van der Waals surface area contributed by atoms with Gasteiger partial charge in [0, 0.05) is 62.1 Å². The van der Waals surface area contributed by atoms with Crippen LogP contribution in [0.15, 0.2) is 30.7 Å². The van der Waals surface area contributed by atoms with Crippen LogP contribution in [-0.2, 0) is 11.2 Å². The summed E-state index contributed by atoms with van der Waals surface area (Å²) in [5.41, 5.74) is 2.82. The van der Waals surface area contributed by atoms with Gasteiger partial charge in [0.25, 0.3) is 0 Å². The maximum atomic E-state index is 14.7. The molecule has 3 aromatic rings. The lowest BCUT2D eigenvalue weighted by atomic mass is 9.98. The van der Waals surface area contributed by atoms with Crippen molar-refractivity contribution in [1.29, 1.82) is 0 Å². The third-order valence-electron chi connectivity index (χ3n) is 6.80. The van der Waals surface area contributed by atoms with E-state index in [1.54, 1.807) is 26.6 Å². The molecule has 0 atom stereocenters. The van der Waals surface area contributed by atoms with E-state index in [0.29, 0.717) is 44.1 Å². The largest absolute Gasteiger partial charge is 0.447 e. The van der Waals surface area contributed by atoms with Crippen LogP contribution in [0.2, 0.25) is 0 Å². The van der Waals surface area contributed by atoms with Crippen LogP contribution in [0, 0.1) is 12.7 Å². The van der Waals surface area contributed by atoms with E-state index in [2.05, 4.69) is 20.2 Å². The van der Waals surface area contributed by atoms with Crippen LogP contribution in [0.25, 0.3) is 5.65 Å². The van der Waals surface area contributed by atoms with Crippen LogP contribution in [-0.4, -0.2) is 69.2 Å². The molecule has 1 fully saturated rings. The average Bonchev–Trinajstić information content (AvgIpc) is 3.40. The Balaban J connectivity index is 1.34. The van der Waals surface area contributed by atoms with Gasteiger partial charge in [-0.2, -0.15) is 0 Å². The molecule has 10 nitrogen and oxygen atoms in total. The van der Waals surface area contributed by atoms with Gasteiger partial charge in [-0.15, -0.1) is 0 Å². The summed E-state index contributed by atoms with van der Waals surface area (Å²) in [6, 6.07) is 2.81. The van der Waals surface area contributed by atoms with Gasteiger partial charge in [0.05, 0.1) is 23.0 Å². The van der Waals surface area contributed by atoms with Crippen molar-refractivity contribution in [2.75, 3.05) is 41.3 Å². The molecule has 2 aliphatic heterocycles. The summed E-state index contributed by atoms with van der Waals surface area (Å²) >= 11 is 0. The number of amides is 3. The molecule has 5 rings (SSSR count). The van der Waals surface area contributed by atoms with E-state index >= 15 is 0 Å². The molecule has 0 radical (unpaired) electrons. The van der Waals surface area contributed by atoms with Crippen molar-refractivity contribution in [1.82, 2.24) is 19.3 Å². The third kappa shape index (κ3) is 4.65. The molecule has 11 heteroatoms. The van der Waals surface area contributed by atoms with Crippen molar-refractivity contribution in [3.05, 3.63) is 47.8 Å². The molecule has 37 heavy (non-hydrogen) atoms. The fourth-order valence-corrected chi connectivity index (χ4v) is 5.14. The molecule has 0 spiro atoms. The number of rotatable bonds is 3. The van der Waals surface area contributed by atoms with E-state index < -0.39 is 17.4 Å². The number of anilines is 3. The molecule has 5 heterocycles. The lowest BCUT2D eigenvalue weighted by Gasteiger charge is -2.47. The van der Waals surface area contributed by atoms with Crippen molar-refractivity contribution in [2.24, 2.45) is 0 Å². The van der Waals surface area contributed by atoms with E-state index in [9.17, 15) is 14.0 Å². The van der Waals surface area contributed by atoms with E-state index in [4.69, 9.17) is 4.74 Å². The van der Waals surface area contributed by atoms with E-state index in [1.807, 2.05) is 40.7 Å². The van der Waals surface area contributed by atoms with Crippen molar-refractivity contribution in [3.63, 3.8) is 0 Å². The summed E-state index contributed by atoms with van der Waals surface area (Å²) in [7, 11) is 0. The van der Waals surface area contributed by atoms with Gasteiger partial charge >= 0.3 is 12.1 Å². The van der Waals surface area contributed by atoms with Gasteiger partial charge in [-0.05, 0) is 47.1 Å². The van der Waals surface area contributed by atoms with Gasteiger partial charge in [0.2, 0.25) is 0 Å². The Morgan fingerprint density at radius 2 is 1.97 bits per heavy atom. The second-order valence-corrected chi connectivity index (χ2v) is 10.5. The standard InChI is InChI=1S/C26H32FN7O3/c1-16(2)37-25(36)34-11-10-31(15-26(34,4)5)21-6-8-28-23-18(21)7-9-33(23)24(35)30-20-14-32-13-17(3)29-22(32)12-19(20)27/h6,8,12-14,16H,7,9-11,15H2,1-5H3,(H,30,35). The highest BCUT2D eigenvalue weighted by atomic mass is 19.1. The molecule has 3 aromatic heterocycles. The minimum Gasteiger partial charge on any atom is -0.447 e. The SMILES string of the molecule is Cc1cn2cc(NC(=O)N3CCc4c(N5CCN(C(=O)OC(C)C)C(C)(C)C5)ccnc43)c(F)cc2n1. The Bertz CT molecular complexity index is 1370. The highest BCUT2D eigenvalue weighted by molar-refractivity contribution is 6.03. The Hall–Kier alpha value is -3.89. The minimum absolute atomic E-state index is 0.0747. The minimum atomic E-state index is -0.552. The molecule has 0 aliphatic carbocycles. The first-order chi connectivity index (χ1) is 17.5. The number of halogens is 1. The second kappa shape index (κ2) is 9.20. The molecule has 1 saturated heterocycles.